The Kier molecular flexibility index (Phi) is 4.44. The Morgan fingerprint density at radius 2 is 1.78 bits per heavy atom. The van der Waals surface area contributed by atoms with Crippen LogP contribution in [0.1, 0.15) is 6.42 Å². The van der Waals surface area contributed by atoms with Gasteiger partial charge >= 0.3 is 0 Å². The van der Waals surface area contributed by atoms with E-state index in [4.69, 9.17) is 4.74 Å². The molecular weight excluding hydrogens is 340 g/mol. The zero-order valence-corrected chi connectivity index (χ0v) is 15.5. The van der Waals surface area contributed by atoms with Crippen molar-refractivity contribution in [3.8, 4) is 16.9 Å². The summed E-state index contributed by atoms with van der Waals surface area (Å²) >= 11 is 0. The van der Waals surface area contributed by atoms with Crippen LogP contribution < -0.4 is 10.3 Å². The first-order chi connectivity index (χ1) is 13.0. The summed E-state index contributed by atoms with van der Waals surface area (Å²) in [6, 6.07) is 15.5. The number of ether oxygens (including phenoxy) is 1. The van der Waals surface area contributed by atoms with Crippen LogP contribution in [-0.4, -0.2) is 35.6 Å². The van der Waals surface area contributed by atoms with E-state index >= 15 is 0 Å². The molecule has 1 unspecified atom stereocenters. The van der Waals surface area contributed by atoms with Gasteiger partial charge in [0.05, 0.1) is 6.61 Å². The lowest BCUT2D eigenvalue weighted by atomic mass is 9.98. The van der Waals surface area contributed by atoms with Crippen LogP contribution in [-0.2, 0) is 11.8 Å². The molecule has 1 aromatic heterocycles. The molecule has 0 saturated carbocycles. The first kappa shape index (κ1) is 17.3. The van der Waals surface area contributed by atoms with Crippen LogP contribution in [0.5, 0.6) is 5.75 Å². The van der Waals surface area contributed by atoms with Crippen molar-refractivity contribution in [1.29, 1.82) is 0 Å². The van der Waals surface area contributed by atoms with E-state index in [-0.39, 0.29) is 17.4 Å². The molecule has 1 atom stereocenters. The summed E-state index contributed by atoms with van der Waals surface area (Å²) < 4.78 is 7.68. The fourth-order valence-electron chi connectivity index (χ4n) is 3.68. The maximum Gasteiger partial charge on any atom is 0.250 e. The summed E-state index contributed by atoms with van der Waals surface area (Å²) in [7, 11) is 3.59. The Labute approximate surface area is 157 Å². The van der Waals surface area contributed by atoms with Gasteiger partial charge in [-0.25, -0.2) is 0 Å². The smallest absolute Gasteiger partial charge is 0.250 e. The van der Waals surface area contributed by atoms with Crippen molar-refractivity contribution >= 4 is 16.7 Å². The first-order valence-corrected chi connectivity index (χ1v) is 9.08. The molecule has 1 aliphatic rings. The van der Waals surface area contributed by atoms with E-state index in [2.05, 4.69) is 6.07 Å². The number of hydrogen-bond donors (Lipinski definition) is 0. The molecule has 0 radical (unpaired) electrons. The van der Waals surface area contributed by atoms with Gasteiger partial charge < -0.3 is 14.2 Å². The monoisotopic (exact) mass is 362 g/mol. The highest BCUT2D eigenvalue weighted by molar-refractivity contribution is 6.00. The molecule has 2 heterocycles. The standard InChI is InChI=1S/C22H22N2O3/c1-23-12-15(11-22(23)26)14-27-20-9-8-17(18-5-3-4-6-19(18)20)16-7-10-21(25)24(2)13-16/h3-10,13,15H,11-12,14H2,1-2H3. The zero-order chi connectivity index (χ0) is 19.0. The van der Waals surface area contributed by atoms with Crippen LogP contribution >= 0.6 is 0 Å². The summed E-state index contributed by atoms with van der Waals surface area (Å²) in [5.41, 5.74) is 2.02. The number of carbonyl (C=O) groups is 1. The van der Waals surface area contributed by atoms with E-state index in [0.29, 0.717) is 13.0 Å². The predicted octanol–water partition coefficient (Wildman–Crippen LogP) is 3.06. The molecule has 27 heavy (non-hydrogen) atoms. The molecule has 0 aliphatic carbocycles. The molecule has 3 aromatic rings. The highest BCUT2D eigenvalue weighted by Crippen LogP contribution is 2.34. The summed E-state index contributed by atoms with van der Waals surface area (Å²) in [4.78, 5) is 25.2. The van der Waals surface area contributed by atoms with Crippen molar-refractivity contribution in [1.82, 2.24) is 9.47 Å². The van der Waals surface area contributed by atoms with Crippen molar-refractivity contribution in [3.63, 3.8) is 0 Å². The van der Waals surface area contributed by atoms with Crippen LogP contribution in [0.15, 0.2) is 59.5 Å². The first-order valence-electron chi connectivity index (χ1n) is 9.08. The van der Waals surface area contributed by atoms with Crippen LogP contribution in [0.25, 0.3) is 21.9 Å². The minimum Gasteiger partial charge on any atom is -0.493 e. The summed E-state index contributed by atoms with van der Waals surface area (Å²) in [6.45, 7) is 1.27. The molecule has 2 aromatic carbocycles. The number of pyridine rings is 1. The van der Waals surface area contributed by atoms with Crippen LogP contribution in [0.3, 0.4) is 0 Å². The number of amides is 1. The Balaban J connectivity index is 1.67. The lowest BCUT2D eigenvalue weighted by molar-refractivity contribution is -0.126. The van der Waals surface area contributed by atoms with E-state index in [1.165, 1.54) is 0 Å². The molecule has 138 valence electrons. The molecule has 5 nitrogen and oxygen atoms in total. The third kappa shape index (κ3) is 3.33. The minimum atomic E-state index is -0.0286. The molecular formula is C22H22N2O3. The Morgan fingerprint density at radius 1 is 1.00 bits per heavy atom. The SMILES string of the molecule is CN1CC(COc2ccc(-c3ccc(=O)n(C)c3)c3ccccc23)CC1=O. The highest BCUT2D eigenvalue weighted by Gasteiger charge is 2.27. The number of likely N-dealkylation sites (tertiary alicyclic amines) is 1. The van der Waals surface area contributed by atoms with Gasteiger partial charge in [0.2, 0.25) is 11.5 Å². The van der Waals surface area contributed by atoms with E-state index in [1.807, 2.05) is 49.6 Å². The summed E-state index contributed by atoms with van der Waals surface area (Å²) in [5.74, 6) is 1.23. The van der Waals surface area contributed by atoms with E-state index in [1.54, 1.807) is 22.6 Å². The van der Waals surface area contributed by atoms with Gasteiger partial charge in [-0.05, 0) is 34.7 Å². The average molecular weight is 362 g/mol. The van der Waals surface area contributed by atoms with Crippen molar-refractivity contribution in [3.05, 3.63) is 65.1 Å². The van der Waals surface area contributed by atoms with Crippen molar-refractivity contribution in [2.24, 2.45) is 13.0 Å². The van der Waals surface area contributed by atoms with Gasteiger partial charge in [-0.1, -0.05) is 24.3 Å². The molecule has 0 N–H and O–H groups in total. The molecule has 1 fully saturated rings. The van der Waals surface area contributed by atoms with Crippen LogP contribution in [0.4, 0.5) is 0 Å². The maximum atomic E-state index is 11.7. The topological polar surface area (TPSA) is 51.5 Å². The Bertz CT molecular complexity index is 1070. The number of nitrogens with zero attached hydrogens (tertiary/aromatic N) is 2. The van der Waals surface area contributed by atoms with Crippen molar-refractivity contribution in [2.45, 2.75) is 6.42 Å². The largest absolute Gasteiger partial charge is 0.493 e. The third-order valence-corrected chi connectivity index (χ3v) is 5.18. The molecule has 0 bridgehead atoms. The fraction of sp³-hybridized carbons (Fsp3) is 0.273. The number of carbonyl (C=O) groups excluding carboxylic acids is 1. The number of benzene rings is 2. The van der Waals surface area contributed by atoms with Gasteiger partial charge in [0.1, 0.15) is 5.75 Å². The molecule has 4 rings (SSSR count). The quantitative estimate of drug-likeness (QED) is 0.717. The lowest BCUT2D eigenvalue weighted by Crippen LogP contribution is -2.20. The van der Waals surface area contributed by atoms with Gasteiger partial charge in [0.25, 0.3) is 0 Å². The maximum absolute atomic E-state index is 11.7. The lowest BCUT2D eigenvalue weighted by Gasteiger charge is -2.15. The van der Waals surface area contributed by atoms with Crippen LogP contribution in [0, 0.1) is 5.92 Å². The third-order valence-electron chi connectivity index (χ3n) is 5.18. The second-order valence-corrected chi connectivity index (χ2v) is 7.18. The fourth-order valence-corrected chi connectivity index (χ4v) is 3.68. The number of aryl methyl sites for hydroxylation is 1. The van der Waals surface area contributed by atoms with Crippen LogP contribution in [0.2, 0.25) is 0 Å². The average Bonchev–Trinajstić information content (AvgIpc) is 3.00. The minimum absolute atomic E-state index is 0.0286. The highest BCUT2D eigenvalue weighted by atomic mass is 16.5. The number of hydrogen-bond acceptors (Lipinski definition) is 3. The number of rotatable bonds is 4. The normalized spacial score (nSPS) is 16.9. The van der Waals surface area contributed by atoms with E-state index in [0.717, 1.165) is 34.2 Å². The summed E-state index contributed by atoms with van der Waals surface area (Å²) in [5, 5.41) is 2.11. The molecule has 1 aliphatic heterocycles. The van der Waals surface area contributed by atoms with Gasteiger partial charge in [-0.15, -0.1) is 0 Å². The number of aromatic nitrogens is 1. The second kappa shape index (κ2) is 6.91. The van der Waals surface area contributed by atoms with Gasteiger partial charge in [-0.2, -0.15) is 0 Å². The molecule has 0 spiro atoms. The molecule has 1 amide bonds. The Morgan fingerprint density at radius 3 is 2.48 bits per heavy atom. The number of fused-ring (bicyclic) bond motifs is 1. The van der Waals surface area contributed by atoms with E-state index < -0.39 is 0 Å². The van der Waals surface area contributed by atoms with Crippen molar-refractivity contribution < 1.29 is 9.53 Å². The van der Waals surface area contributed by atoms with Gasteiger partial charge in [0.15, 0.2) is 0 Å². The molecule has 5 heteroatoms. The van der Waals surface area contributed by atoms with Gasteiger partial charge in [0, 0.05) is 50.6 Å². The summed E-state index contributed by atoms with van der Waals surface area (Å²) in [6.07, 6.45) is 2.40. The Hall–Kier alpha value is -3.08. The second-order valence-electron chi connectivity index (χ2n) is 7.18. The van der Waals surface area contributed by atoms with Crippen molar-refractivity contribution in [2.75, 3.05) is 20.2 Å². The van der Waals surface area contributed by atoms with Gasteiger partial charge in [-0.3, -0.25) is 9.59 Å². The molecule has 1 saturated heterocycles. The predicted molar refractivity (Wildman–Crippen MR) is 106 cm³/mol. The van der Waals surface area contributed by atoms with E-state index in [9.17, 15) is 9.59 Å². The zero-order valence-electron chi connectivity index (χ0n) is 15.5.